The van der Waals surface area contributed by atoms with Gasteiger partial charge in [-0.1, -0.05) is 6.07 Å². The summed E-state index contributed by atoms with van der Waals surface area (Å²) in [6, 6.07) is 10.1. The number of ketones is 1. The summed E-state index contributed by atoms with van der Waals surface area (Å²) in [5, 5.41) is 2.83. The largest absolute Gasteiger partial charge is 0.368 e. The van der Waals surface area contributed by atoms with Crippen molar-refractivity contribution in [2.75, 3.05) is 23.3 Å². The molecule has 5 heteroatoms. The number of carbonyl (C=O) groups is 2. The van der Waals surface area contributed by atoms with E-state index in [-0.39, 0.29) is 23.9 Å². The van der Waals surface area contributed by atoms with Gasteiger partial charge in [-0.15, -0.1) is 0 Å². The quantitative estimate of drug-likeness (QED) is 0.822. The number of hydrogen-bond acceptors (Lipinski definition) is 3. The number of hydrogen-bond donors (Lipinski definition) is 1. The summed E-state index contributed by atoms with van der Waals surface area (Å²) in [6.07, 6.45) is 2.12. The van der Waals surface area contributed by atoms with Gasteiger partial charge in [-0.3, -0.25) is 9.59 Å². The molecule has 0 radical (unpaired) electrons. The van der Waals surface area contributed by atoms with Crippen LogP contribution in [0.25, 0.3) is 0 Å². The van der Waals surface area contributed by atoms with Crippen molar-refractivity contribution >= 4 is 23.1 Å². The molecule has 1 N–H and O–H groups in total. The molecule has 0 atom stereocenters. The minimum Gasteiger partial charge on any atom is -0.368 e. The second-order valence-electron chi connectivity index (χ2n) is 6.71. The Bertz CT molecular complexity index is 831. The molecule has 1 aliphatic heterocycles. The SMILES string of the molecule is CC(=O)c1ccc(NC(=O)CCN2CCCc3c(C)ccc(F)c32)cc1. The monoisotopic (exact) mass is 354 g/mol. The molecule has 1 amide bonds. The second-order valence-corrected chi connectivity index (χ2v) is 6.71. The summed E-state index contributed by atoms with van der Waals surface area (Å²) in [5.74, 6) is -0.352. The lowest BCUT2D eigenvalue weighted by atomic mass is 9.96. The summed E-state index contributed by atoms with van der Waals surface area (Å²) in [4.78, 5) is 25.5. The molecule has 0 bridgehead atoms. The van der Waals surface area contributed by atoms with Crippen molar-refractivity contribution in [1.82, 2.24) is 0 Å². The minimum atomic E-state index is -0.217. The first kappa shape index (κ1) is 18.1. The summed E-state index contributed by atoms with van der Waals surface area (Å²) >= 11 is 0. The topological polar surface area (TPSA) is 49.4 Å². The van der Waals surface area contributed by atoms with E-state index in [1.807, 2.05) is 17.9 Å². The molecule has 3 rings (SSSR count). The minimum absolute atomic E-state index is 0.0102. The highest BCUT2D eigenvalue weighted by Gasteiger charge is 2.22. The molecule has 0 unspecified atom stereocenters. The fourth-order valence-corrected chi connectivity index (χ4v) is 3.40. The van der Waals surface area contributed by atoms with Gasteiger partial charge in [0, 0.05) is 30.8 Å². The molecule has 0 spiro atoms. The van der Waals surface area contributed by atoms with Crippen LogP contribution < -0.4 is 10.2 Å². The third-order valence-electron chi connectivity index (χ3n) is 4.82. The van der Waals surface area contributed by atoms with Gasteiger partial charge in [0.2, 0.25) is 5.91 Å². The van der Waals surface area contributed by atoms with Gasteiger partial charge in [-0.05, 0) is 68.1 Å². The molecular formula is C21H23FN2O2. The molecule has 136 valence electrons. The van der Waals surface area contributed by atoms with Crippen LogP contribution in [-0.4, -0.2) is 24.8 Å². The highest BCUT2D eigenvalue weighted by atomic mass is 19.1. The van der Waals surface area contributed by atoms with Crippen LogP contribution in [0.1, 0.15) is 41.3 Å². The van der Waals surface area contributed by atoms with Crippen LogP contribution in [0.2, 0.25) is 0 Å². The van der Waals surface area contributed by atoms with E-state index >= 15 is 0 Å². The molecule has 0 fully saturated rings. The zero-order valence-corrected chi connectivity index (χ0v) is 15.1. The van der Waals surface area contributed by atoms with Crippen LogP contribution in [0.15, 0.2) is 36.4 Å². The van der Waals surface area contributed by atoms with Crippen molar-refractivity contribution in [3.8, 4) is 0 Å². The van der Waals surface area contributed by atoms with Gasteiger partial charge in [0.25, 0.3) is 0 Å². The first-order valence-electron chi connectivity index (χ1n) is 8.89. The zero-order valence-electron chi connectivity index (χ0n) is 15.1. The predicted octanol–water partition coefficient (Wildman–Crippen LogP) is 4.12. The van der Waals surface area contributed by atoms with Gasteiger partial charge in [-0.2, -0.15) is 0 Å². The Balaban J connectivity index is 1.62. The zero-order chi connectivity index (χ0) is 18.7. The standard InChI is InChI=1S/C21H23FN2O2/c1-14-5-10-19(22)21-18(14)4-3-12-24(21)13-11-20(26)23-17-8-6-16(7-9-17)15(2)25/h5-10H,3-4,11-13H2,1-2H3,(H,23,26). The maximum absolute atomic E-state index is 14.3. The van der Waals surface area contributed by atoms with E-state index in [0.717, 1.165) is 30.5 Å². The van der Waals surface area contributed by atoms with E-state index in [4.69, 9.17) is 0 Å². The number of amides is 1. The fraction of sp³-hybridized carbons (Fsp3) is 0.333. The number of carbonyl (C=O) groups excluding carboxylic acids is 2. The lowest BCUT2D eigenvalue weighted by molar-refractivity contribution is -0.116. The summed E-state index contributed by atoms with van der Waals surface area (Å²) in [6.45, 7) is 4.74. The molecule has 0 aliphatic carbocycles. The molecular weight excluding hydrogens is 331 g/mol. The van der Waals surface area contributed by atoms with Crippen LogP contribution in [0.4, 0.5) is 15.8 Å². The van der Waals surface area contributed by atoms with Crippen molar-refractivity contribution < 1.29 is 14.0 Å². The molecule has 2 aromatic carbocycles. The number of fused-ring (bicyclic) bond motifs is 1. The molecule has 0 saturated carbocycles. The fourth-order valence-electron chi connectivity index (χ4n) is 3.40. The Morgan fingerprint density at radius 2 is 1.88 bits per heavy atom. The van der Waals surface area contributed by atoms with Gasteiger partial charge in [0.05, 0.1) is 5.69 Å². The van der Waals surface area contributed by atoms with E-state index < -0.39 is 0 Å². The third kappa shape index (κ3) is 3.93. The molecule has 4 nitrogen and oxygen atoms in total. The van der Waals surface area contributed by atoms with Crippen molar-refractivity contribution in [2.45, 2.75) is 33.1 Å². The van der Waals surface area contributed by atoms with E-state index in [2.05, 4.69) is 5.32 Å². The maximum Gasteiger partial charge on any atom is 0.226 e. The molecule has 26 heavy (non-hydrogen) atoms. The van der Waals surface area contributed by atoms with Gasteiger partial charge in [0.15, 0.2) is 5.78 Å². The van der Waals surface area contributed by atoms with Crippen LogP contribution in [0, 0.1) is 12.7 Å². The number of anilines is 2. The van der Waals surface area contributed by atoms with Crippen molar-refractivity contribution in [3.05, 3.63) is 58.9 Å². The average Bonchev–Trinajstić information content (AvgIpc) is 2.63. The number of rotatable bonds is 5. The highest BCUT2D eigenvalue weighted by molar-refractivity contribution is 5.95. The lowest BCUT2D eigenvalue weighted by Crippen LogP contribution is -2.33. The van der Waals surface area contributed by atoms with Crippen molar-refractivity contribution in [1.29, 1.82) is 0 Å². The Morgan fingerprint density at radius 1 is 1.15 bits per heavy atom. The molecule has 1 aliphatic rings. The molecule has 0 saturated heterocycles. The van der Waals surface area contributed by atoms with Crippen LogP contribution in [0.5, 0.6) is 0 Å². The smallest absolute Gasteiger partial charge is 0.226 e. The molecule has 0 aromatic heterocycles. The van der Waals surface area contributed by atoms with Crippen LogP contribution in [0.3, 0.4) is 0 Å². The predicted molar refractivity (Wildman–Crippen MR) is 101 cm³/mol. The number of Topliss-reactive ketones (excluding diaryl/α,β-unsaturated/α-hetero) is 1. The normalized spacial score (nSPS) is 13.3. The van der Waals surface area contributed by atoms with E-state index in [1.54, 1.807) is 24.3 Å². The number of benzene rings is 2. The van der Waals surface area contributed by atoms with Crippen LogP contribution in [-0.2, 0) is 11.2 Å². The second kappa shape index (κ2) is 7.68. The lowest BCUT2D eigenvalue weighted by Gasteiger charge is -2.32. The van der Waals surface area contributed by atoms with Gasteiger partial charge >= 0.3 is 0 Å². The molecule has 1 heterocycles. The maximum atomic E-state index is 14.3. The first-order chi connectivity index (χ1) is 12.5. The number of halogens is 1. The Kier molecular flexibility index (Phi) is 5.35. The van der Waals surface area contributed by atoms with E-state index in [0.29, 0.717) is 23.5 Å². The number of aryl methyl sites for hydroxylation is 1. The number of nitrogens with one attached hydrogen (secondary N) is 1. The summed E-state index contributed by atoms with van der Waals surface area (Å²) in [5.41, 5.74) is 4.06. The Labute approximate surface area is 153 Å². The molecule has 2 aromatic rings. The third-order valence-corrected chi connectivity index (χ3v) is 4.82. The van der Waals surface area contributed by atoms with Gasteiger partial charge in [-0.25, -0.2) is 4.39 Å². The van der Waals surface area contributed by atoms with Crippen molar-refractivity contribution in [3.63, 3.8) is 0 Å². The van der Waals surface area contributed by atoms with Crippen LogP contribution >= 0.6 is 0 Å². The average molecular weight is 354 g/mol. The number of nitrogens with zero attached hydrogens (tertiary/aromatic N) is 1. The van der Waals surface area contributed by atoms with Crippen molar-refractivity contribution in [2.24, 2.45) is 0 Å². The summed E-state index contributed by atoms with van der Waals surface area (Å²) < 4.78 is 14.3. The first-order valence-corrected chi connectivity index (χ1v) is 8.89. The highest BCUT2D eigenvalue weighted by Crippen LogP contribution is 2.32. The Morgan fingerprint density at radius 3 is 2.58 bits per heavy atom. The Hall–Kier alpha value is -2.69. The van der Waals surface area contributed by atoms with Gasteiger partial charge < -0.3 is 10.2 Å². The van der Waals surface area contributed by atoms with Gasteiger partial charge in [0.1, 0.15) is 5.82 Å². The summed E-state index contributed by atoms with van der Waals surface area (Å²) in [7, 11) is 0. The van der Waals surface area contributed by atoms with E-state index in [1.165, 1.54) is 13.0 Å². The van der Waals surface area contributed by atoms with E-state index in [9.17, 15) is 14.0 Å².